The van der Waals surface area contributed by atoms with Crippen LogP contribution in [0.2, 0.25) is 0 Å². The summed E-state index contributed by atoms with van der Waals surface area (Å²) in [5, 5.41) is 18.3. The summed E-state index contributed by atoms with van der Waals surface area (Å²) in [7, 11) is 0. The molecule has 4 aliphatic carbocycles. The third-order valence-electron chi connectivity index (χ3n) is 8.42. The zero-order chi connectivity index (χ0) is 27.4. The molecule has 0 aromatic rings. The van der Waals surface area contributed by atoms with Crippen LogP contribution in [0, 0.1) is 23.2 Å². The molecule has 0 aromatic carbocycles. The number of hydrogen-bond donors (Lipinski definition) is 1. The molecule has 0 aromatic heterocycles. The molecule has 0 spiro atoms. The van der Waals surface area contributed by atoms with Gasteiger partial charge in [-0.3, -0.25) is 9.69 Å². The van der Waals surface area contributed by atoms with Crippen LogP contribution in [0.5, 0.6) is 0 Å². The van der Waals surface area contributed by atoms with Gasteiger partial charge in [0.25, 0.3) is 0 Å². The van der Waals surface area contributed by atoms with Crippen molar-refractivity contribution >= 4 is 12.0 Å². The maximum Gasteiger partial charge on any atom is 0.411 e. The molecule has 38 heavy (non-hydrogen) atoms. The molecule has 5 aliphatic rings. The van der Waals surface area contributed by atoms with Crippen molar-refractivity contribution in [2.45, 2.75) is 94.9 Å². The lowest BCUT2D eigenvalue weighted by atomic mass is 9.50. The van der Waals surface area contributed by atoms with Crippen LogP contribution in [0.4, 0.5) is 4.79 Å². The zero-order valence-corrected chi connectivity index (χ0v) is 23.3. The number of nitriles is 1. The molecule has 5 atom stereocenters. The maximum atomic E-state index is 13.7. The van der Waals surface area contributed by atoms with E-state index >= 15 is 0 Å². The van der Waals surface area contributed by atoms with E-state index in [1.165, 1.54) is 0 Å². The number of ether oxygens (including phenoxy) is 4. The predicted octanol–water partition coefficient (Wildman–Crippen LogP) is 2.87. The molecule has 1 heterocycles. The number of aliphatic hydroxyl groups excluding tert-OH is 1. The van der Waals surface area contributed by atoms with Gasteiger partial charge < -0.3 is 29.0 Å². The fourth-order valence-electron chi connectivity index (χ4n) is 7.49. The number of nitrogens with zero attached hydrogens (tertiary/aromatic N) is 3. The first kappa shape index (κ1) is 29.1. The van der Waals surface area contributed by atoms with E-state index in [4.69, 9.17) is 24.1 Å². The van der Waals surface area contributed by atoms with Crippen molar-refractivity contribution in [2.75, 3.05) is 52.7 Å². The molecule has 4 saturated carbocycles. The fraction of sp³-hybridized carbons (Fsp3) is 0.893. The summed E-state index contributed by atoms with van der Waals surface area (Å²) in [6, 6.07) is 1.82. The van der Waals surface area contributed by atoms with Crippen molar-refractivity contribution in [1.29, 1.82) is 5.26 Å². The average Bonchev–Trinajstić information content (AvgIpc) is 3.31. The lowest BCUT2D eigenvalue weighted by Crippen LogP contribution is -2.68. The van der Waals surface area contributed by atoms with Gasteiger partial charge in [0.1, 0.15) is 18.2 Å². The number of amides is 2. The van der Waals surface area contributed by atoms with Gasteiger partial charge in [0.05, 0.1) is 56.9 Å². The van der Waals surface area contributed by atoms with Crippen molar-refractivity contribution in [3.63, 3.8) is 0 Å². The molecular weight excluding hydrogens is 490 g/mol. The standard InChI is InChI=1S/C28H45N3O7/c1-26(2,3)38-25(34)31(19-24(33)30-6-4-5-23(30)18-29)27-14-21-13-22(15-27)17-28(16-21,20-27)37-12-11-36-10-9-35-8-7-32/h21-23,32H,4-17,19-20H2,1-3H3/t21-,22?,23-,27?,28?/m0/s1. The highest BCUT2D eigenvalue weighted by Gasteiger charge is 2.62. The second-order valence-corrected chi connectivity index (χ2v) is 12.6. The van der Waals surface area contributed by atoms with Gasteiger partial charge in [-0.05, 0) is 84.0 Å². The van der Waals surface area contributed by atoms with Crippen molar-refractivity contribution < 1.29 is 33.6 Å². The third kappa shape index (κ3) is 6.79. The van der Waals surface area contributed by atoms with E-state index < -0.39 is 23.3 Å². The Hall–Kier alpha value is -1.93. The first-order chi connectivity index (χ1) is 18.1. The van der Waals surface area contributed by atoms with Crippen LogP contribution in [0.1, 0.15) is 72.1 Å². The van der Waals surface area contributed by atoms with Crippen LogP contribution in [-0.4, -0.2) is 102 Å². The molecule has 10 nitrogen and oxygen atoms in total. The minimum Gasteiger partial charge on any atom is -0.444 e. The van der Waals surface area contributed by atoms with Gasteiger partial charge in [-0.1, -0.05) is 0 Å². The summed E-state index contributed by atoms with van der Waals surface area (Å²) < 4.78 is 23.3. The highest BCUT2D eigenvalue weighted by molar-refractivity contribution is 5.83. The molecule has 1 N–H and O–H groups in total. The number of carbonyl (C=O) groups is 2. The zero-order valence-electron chi connectivity index (χ0n) is 23.3. The van der Waals surface area contributed by atoms with Crippen molar-refractivity contribution in [1.82, 2.24) is 9.80 Å². The highest BCUT2D eigenvalue weighted by atomic mass is 16.6. The number of rotatable bonds is 12. The molecular formula is C28H45N3O7. The summed E-state index contributed by atoms with van der Waals surface area (Å²) in [6.07, 6.45) is 6.46. The van der Waals surface area contributed by atoms with Gasteiger partial charge in [-0.25, -0.2) is 4.79 Å². The van der Waals surface area contributed by atoms with E-state index in [0.717, 1.165) is 38.5 Å². The fourth-order valence-corrected chi connectivity index (χ4v) is 7.49. The topological polar surface area (TPSA) is 122 Å². The second-order valence-electron chi connectivity index (χ2n) is 12.6. The molecule has 214 valence electrons. The number of hydrogen-bond acceptors (Lipinski definition) is 8. The smallest absolute Gasteiger partial charge is 0.411 e. The second kappa shape index (κ2) is 12.1. The van der Waals surface area contributed by atoms with Crippen molar-refractivity contribution in [2.24, 2.45) is 11.8 Å². The Morgan fingerprint density at radius 3 is 2.34 bits per heavy atom. The van der Waals surface area contributed by atoms with Crippen LogP contribution >= 0.6 is 0 Å². The number of carbonyl (C=O) groups excluding carboxylic acids is 2. The molecule has 4 bridgehead atoms. The molecule has 5 fully saturated rings. The quantitative estimate of drug-likeness (QED) is 0.379. The van der Waals surface area contributed by atoms with Crippen LogP contribution in [0.15, 0.2) is 0 Å². The van der Waals surface area contributed by atoms with E-state index in [9.17, 15) is 14.9 Å². The third-order valence-corrected chi connectivity index (χ3v) is 8.42. The Labute approximate surface area is 226 Å². The lowest BCUT2D eigenvalue weighted by molar-refractivity contribution is -0.202. The first-order valence-electron chi connectivity index (χ1n) is 14.2. The highest BCUT2D eigenvalue weighted by Crippen LogP contribution is 2.61. The molecule has 1 aliphatic heterocycles. The summed E-state index contributed by atoms with van der Waals surface area (Å²) in [5.74, 6) is 0.688. The van der Waals surface area contributed by atoms with Crippen LogP contribution in [-0.2, 0) is 23.7 Å². The molecule has 5 rings (SSSR count). The summed E-state index contributed by atoms with van der Waals surface area (Å²) in [4.78, 5) is 30.5. The SMILES string of the molecule is CC(C)(C)OC(=O)N(CC(=O)N1CCC[C@H]1C#N)C12CC3C[C@H](CC(OCCOCCOCCO)(C3)C1)C2. The molecule has 3 unspecified atom stereocenters. The van der Waals surface area contributed by atoms with Gasteiger partial charge >= 0.3 is 6.09 Å². The minimum absolute atomic E-state index is 0.00143. The van der Waals surface area contributed by atoms with Crippen molar-refractivity contribution in [3.8, 4) is 6.07 Å². The molecule has 10 heteroatoms. The van der Waals surface area contributed by atoms with Crippen LogP contribution < -0.4 is 0 Å². The van der Waals surface area contributed by atoms with E-state index in [1.807, 2.05) is 20.8 Å². The van der Waals surface area contributed by atoms with Crippen LogP contribution in [0.3, 0.4) is 0 Å². The average molecular weight is 536 g/mol. The summed E-state index contributed by atoms with van der Waals surface area (Å²) in [6.45, 7) is 8.10. The first-order valence-corrected chi connectivity index (χ1v) is 14.2. The molecule has 1 saturated heterocycles. The Bertz CT molecular complexity index is 869. The van der Waals surface area contributed by atoms with Crippen LogP contribution in [0.25, 0.3) is 0 Å². The Kier molecular flexibility index (Phi) is 9.23. The largest absolute Gasteiger partial charge is 0.444 e. The van der Waals surface area contributed by atoms with E-state index in [0.29, 0.717) is 64.3 Å². The summed E-state index contributed by atoms with van der Waals surface area (Å²) >= 11 is 0. The molecule has 2 amide bonds. The van der Waals surface area contributed by atoms with E-state index in [2.05, 4.69) is 6.07 Å². The van der Waals surface area contributed by atoms with Crippen molar-refractivity contribution in [3.05, 3.63) is 0 Å². The Balaban J connectivity index is 1.47. The Morgan fingerprint density at radius 2 is 1.71 bits per heavy atom. The lowest BCUT2D eigenvalue weighted by Gasteiger charge is -2.64. The van der Waals surface area contributed by atoms with Gasteiger partial charge in [-0.2, -0.15) is 5.26 Å². The minimum atomic E-state index is -0.685. The van der Waals surface area contributed by atoms with E-state index in [-0.39, 0.29) is 24.7 Å². The monoisotopic (exact) mass is 535 g/mol. The molecule has 0 radical (unpaired) electrons. The maximum absolute atomic E-state index is 13.7. The van der Waals surface area contributed by atoms with Gasteiger partial charge in [0.2, 0.25) is 5.91 Å². The Morgan fingerprint density at radius 1 is 1.05 bits per heavy atom. The van der Waals surface area contributed by atoms with Gasteiger partial charge in [-0.15, -0.1) is 0 Å². The summed E-state index contributed by atoms with van der Waals surface area (Å²) in [5.41, 5.74) is -1.52. The number of likely N-dealkylation sites (tertiary alicyclic amines) is 1. The van der Waals surface area contributed by atoms with Gasteiger partial charge in [0.15, 0.2) is 0 Å². The predicted molar refractivity (Wildman–Crippen MR) is 138 cm³/mol. The number of aliphatic hydroxyl groups is 1. The van der Waals surface area contributed by atoms with Gasteiger partial charge in [0, 0.05) is 6.54 Å². The van der Waals surface area contributed by atoms with E-state index in [1.54, 1.807) is 9.80 Å². The normalized spacial score (nSPS) is 31.9.